The molecule has 9 heteroatoms. The molecule has 0 aliphatic carbocycles. The number of Topliss-reactive ketones (excluding diaryl/α,β-unsaturated/α-hetero) is 1. The third kappa shape index (κ3) is 4.74. The van der Waals surface area contributed by atoms with E-state index in [0.717, 1.165) is 5.56 Å². The molecule has 2 amide bonds. The average Bonchev–Trinajstić information content (AvgIpc) is 3.16. The van der Waals surface area contributed by atoms with Gasteiger partial charge in [-0.25, -0.2) is 0 Å². The molecule has 1 unspecified atom stereocenters. The number of hydrogen-bond donors (Lipinski definition) is 5. The molecule has 1 atom stereocenters. The minimum Gasteiger partial charge on any atom is -0.397 e. The average molecular weight is 373 g/mol. The summed E-state index contributed by atoms with van der Waals surface area (Å²) in [5.74, 6) is -2.69. The zero-order valence-corrected chi connectivity index (χ0v) is 14.6. The van der Waals surface area contributed by atoms with Crippen molar-refractivity contribution in [2.75, 3.05) is 0 Å². The van der Waals surface area contributed by atoms with E-state index < -0.39 is 23.6 Å². The molecule has 0 saturated heterocycles. The molecule has 2 rings (SSSR count). The van der Waals surface area contributed by atoms with Gasteiger partial charge in [-0.2, -0.15) is 0 Å². The van der Waals surface area contributed by atoms with Crippen LogP contribution in [0.4, 0.5) is 0 Å². The van der Waals surface area contributed by atoms with E-state index in [4.69, 9.17) is 16.6 Å². The Bertz CT molecular complexity index is 818. The second kappa shape index (κ2) is 8.88. The summed E-state index contributed by atoms with van der Waals surface area (Å²) in [6, 6.07) is 9.49. The lowest BCUT2D eigenvalue weighted by Crippen LogP contribution is -2.47. The van der Waals surface area contributed by atoms with Gasteiger partial charge in [-0.05, 0) is 23.6 Å². The molecule has 0 radical (unpaired) electrons. The predicted octanol–water partition coefficient (Wildman–Crippen LogP) is 0.0308. The van der Waals surface area contributed by atoms with E-state index in [1.165, 1.54) is 0 Å². The minimum atomic E-state index is -1.13. The number of carbonyl (C=O) groups is 3. The first-order chi connectivity index (χ1) is 12.4. The molecule has 136 valence electrons. The molecule has 26 heavy (non-hydrogen) atoms. The van der Waals surface area contributed by atoms with Crippen molar-refractivity contribution in [3.63, 3.8) is 0 Å². The molecule has 8 N–H and O–H groups in total. The fourth-order valence-corrected chi connectivity index (χ4v) is 2.73. The Kier molecular flexibility index (Phi) is 6.59. The van der Waals surface area contributed by atoms with E-state index >= 15 is 0 Å². The van der Waals surface area contributed by atoms with Crippen LogP contribution in [0.2, 0.25) is 0 Å². The van der Waals surface area contributed by atoms with Crippen LogP contribution in [0.3, 0.4) is 0 Å². The number of amides is 2. The van der Waals surface area contributed by atoms with Crippen molar-refractivity contribution in [3.05, 3.63) is 64.8 Å². The summed E-state index contributed by atoms with van der Waals surface area (Å²) < 4.78 is 0. The molecule has 0 fully saturated rings. The van der Waals surface area contributed by atoms with Crippen LogP contribution in [-0.2, 0) is 20.8 Å². The Hall–Kier alpha value is -3.04. The highest BCUT2D eigenvalue weighted by Crippen LogP contribution is 2.20. The van der Waals surface area contributed by atoms with Gasteiger partial charge in [0.05, 0.1) is 5.70 Å². The number of aromatic amines is 1. The number of H-pyrrole nitrogens is 1. The second-order valence-electron chi connectivity index (χ2n) is 5.40. The number of rotatable bonds is 8. The molecular weight excluding hydrogens is 354 g/mol. The highest BCUT2D eigenvalue weighted by atomic mass is 32.2. The van der Waals surface area contributed by atoms with Gasteiger partial charge in [0.1, 0.15) is 10.9 Å². The lowest BCUT2D eigenvalue weighted by Gasteiger charge is -2.17. The lowest BCUT2D eigenvalue weighted by molar-refractivity contribution is -0.138. The highest BCUT2D eigenvalue weighted by Gasteiger charge is 2.27. The third-order valence-electron chi connectivity index (χ3n) is 3.62. The van der Waals surface area contributed by atoms with Crippen molar-refractivity contribution < 1.29 is 14.4 Å². The zero-order valence-electron chi connectivity index (χ0n) is 13.8. The van der Waals surface area contributed by atoms with E-state index in [9.17, 15) is 14.4 Å². The van der Waals surface area contributed by atoms with E-state index in [0.29, 0.717) is 17.5 Å². The van der Waals surface area contributed by atoms with Gasteiger partial charge in [-0.1, -0.05) is 30.3 Å². The van der Waals surface area contributed by atoms with Gasteiger partial charge in [0, 0.05) is 24.4 Å². The lowest BCUT2D eigenvalue weighted by atomic mass is 10.0. The van der Waals surface area contributed by atoms with E-state index in [1.807, 2.05) is 6.07 Å². The van der Waals surface area contributed by atoms with Gasteiger partial charge < -0.3 is 21.8 Å². The number of ketones is 1. The number of benzene rings is 1. The summed E-state index contributed by atoms with van der Waals surface area (Å²) in [4.78, 5) is 38.9. The summed E-state index contributed by atoms with van der Waals surface area (Å²) in [5, 5.41) is 8.08. The molecule has 0 aliphatic rings. The number of hydrogen-bond acceptors (Lipinski definition) is 6. The van der Waals surface area contributed by atoms with E-state index in [-0.39, 0.29) is 17.0 Å². The number of aromatic nitrogens is 1. The van der Waals surface area contributed by atoms with Crippen LogP contribution in [0, 0.1) is 0 Å². The maximum atomic E-state index is 12.6. The standard InChI is InChI=1S/C17H19N5O3S/c18-13(11-6-7-21-9-11)15(26-20)17(25)22-12(14(23)16(19)24)8-10-4-2-1-3-5-10/h1-7,9,12,21H,8,18,20H2,(H2,19,24)(H,22,25)/b15-13-. The van der Waals surface area contributed by atoms with Crippen molar-refractivity contribution in [2.45, 2.75) is 12.5 Å². The van der Waals surface area contributed by atoms with Gasteiger partial charge in [0.15, 0.2) is 0 Å². The van der Waals surface area contributed by atoms with Crippen LogP contribution in [0.15, 0.2) is 53.7 Å². The van der Waals surface area contributed by atoms with E-state index in [2.05, 4.69) is 10.3 Å². The van der Waals surface area contributed by atoms with Gasteiger partial charge in [-0.15, -0.1) is 0 Å². The van der Waals surface area contributed by atoms with Crippen molar-refractivity contribution in [2.24, 2.45) is 16.6 Å². The summed E-state index contributed by atoms with van der Waals surface area (Å²) >= 11 is 0.654. The smallest absolute Gasteiger partial charge is 0.287 e. The molecule has 2 aromatic rings. The first-order valence-corrected chi connectivity index (χ1v) is 8.50. The Morgan fingerprint density at radius 3 is 2.35 bits per heavy atom. The van der Waals surface area contributed by atoms with Crippen LogP contribution in [0.5, 0.6) is 0 Å². The summed E-state index contributed by atoms with van der Waals surface area (Å²) in [7, 11) is 0. The Morgan fingerprint density at radius 1 is 1.12 bits per heavy atom. The predicted molar refractivity (Wildman–Crippen MR) is 100.0 cm³/mol. The monoisotopic (exact) mass is 373 g/mol. The largest absolute Gasteiger partial charge is 0.397 e. The van der Waals surface area contributed by atoms with Crippen LogP contribution in [0.25, 0.3) is 5.70 Å². The van der Waals surface area contributed by atoms with Crippen molar-refractivity contribution in [1.29, 1.82) is 0 Å². The number of carbonyl (C=O) groups excluding carboxylic acids is 3. The number of nitrogens with two attached hydrogens (primary N) is 3. The molecule has 0 saturated carbocycles. The summed E-state index contributed by atoms with van der Waals surface area (Å²) in [5.41, 5.74) is 12.6. The normalized spacial score (nSPS) is 12.8. The second-order valence-corrected chi connectivity index (χ2v) is 6.05. The van der Waals surface area contributed by atoms with Gasteiger partial charge >= 0.3 is 0 Å². The Labute approximate surface area is 154 Å². The Morgan fingerprint density at radius 2 is 1.81 bits per heavy atom. The number of primary amides is 1. The van der Waals surface area contributed by atoms with Crippen LogP contribution < -0.4 is 21.9 Å². The maximum absolute atomic E-state index is 12.6. The summed E-state index contributed by atoms with van der Waals surface area (Å²) in [6.45, 7) is 0. The maximum Gasteiger partial charge on any atom is 0.287 e. The molecule has 8 nitrogen and oxygen atoms in total. The molecule has 1 aromatic heterocycles. The first kappa shape index (κ1) is 19.3. The van der Waals surface area contributed by atoms with E-state index in [1.54, 1.807) is 42.7 Å². The molecule has 0 bridgehead atoms. The molecular formula is C17H19N5O3S. The molecule has 0 aliphatic heterocycles. The van der Waals surface area contributed by atoms with Crippen LogP contribution >= 0.6 is 11.9 Å². The SMILES string of the molecule is NS/C(C(=O)NC(Cc1ccccc1)C(=O)C(N)=O)=C(\N)c1cc[nH]c1. The minimum absolute atomic E-state index is 0.0277. The fraction of sp³-hybridized carbons (Fsp3) is 0.118. The summed E-state index contributed by atoms with van der Waals surface area (Å²) in [6.07, 6.45) is 3.36. The number of nitrogens with one attached hydrogen (secondary N) is 2. The van der Waals surface area contributed by atoms with Crippen molar-refractivity contribution in [3.8, 4) is 0 Å². The highest BCUT2D eigenvalue weighted by molar-refractivity contribution is 8.02. The quantitative estimate of drug-likeness (QED) is 0.249. The van der Waals surface area contributed by atoms with Gasteiger partial charge in [0.25, 0.3) is 11.8 Å². The van der Waals surface area contributed by atoms with Crippen molar-refractivity contribution in [1.82, 2.24) is 10.3 Å². The first-order valence-electron chi connectivity index (χ1n) is 7.62. The zero-order chi connectivity index (χ0) is 19.1. The molecule has 1 aromatic carbocycles. The Balaban J connectivity index is 2.26. The van der Waals surface area contributed by atoms with Crippen LogP contribution in [-0.4, -0.2) is 28.6 Å². The molecule has 1 heterocycles. The molecule has 0 spiro atoms. The van der Waals surface area contributed by atoms with Crippen LogP contribution in [0.1, 0.15) is 11.1 Å². The van der Waals surface area contributed by atoms with Gasteiger partial charge in [-0.3, -0.25) is 19.5 Å². The fourth-order valence-electron chi connectivity index (χ4n) is 2.32. The van der Waals surface area contributed by atoms with Crippen molar-refractivity contribution >= 4 is 35.2 Å². The third-order valence-corrected chi connectivity index (χ3v) is 4.27. The van der Waals surface area contributed by atoms with Gasteiger partial charge in [0.2, 0.25) is 5.78 Å². The topological polar surface area (TPSA) is 157 Å².